The summed E-state index contributed by atoms with van der Waals surface area (Å²) in [6.45, 7) is 5.07. The molecule has 202 valence electrons. The zero-order valence-corrected chi connectivity index (χ0v) is 22.0. The van der Waals surface area contributed by atoms with Crippen LogP contribution in [0.4, 0.5) is 0 Å². The Balaban J connectivity index is 0.00000420. The molecule has 0 spiro atoms. The summed E-state index contributed by atoms with van der Waals surface area (Å²) in [5.74, 6) is 2.79. The van der Waals surface area contributed by atoms with Crippen molar-refractivity contribution >= 4 is 5.84 Å². The molecule has 0 fully saturated rings. The molecule has 0 saturated heterocycles. The lowest BCUT2D eigenvalue weighted by atomic mass is 9.99. The van der Waals surface area contributed by atoms with E-state index >= 15 is 0 Å². The average Bonchev–Trinajstić information content (AvgIpc) is 2.95. The Morgan fingerprint density at radius 2 is 1.49 bits per heavy atom. The molecular formula is C32H34N2O5. The number of amidine groups is 1. The molecule has 7 heteroatoms. The fraction of sp³-hybridized carbons (Fsp3) is 0.156. The van der Waals surface area contributed by atoms with E-state index in [9.17, 15) is 0 Å². The van der Waals surface area contributed by atoms with Gasteiger partial charge in [0.25, 0.3) is 0 Å². The molecule has 0 heterocycles. The smallest absolute Gasteiger partial charge is 0.165 e. The fourth-order valence-electron chi connectivity index (χ4n) is 3.96. The third-order valence-electron chi connectivity index (χ3n) is 5.94. The third-order valence-corrected chi connectivity index (χ3v) is 5.94. The van der Waals surface area contributed by atoms with Crippen molar-refractivity contribution in [3.8, 4) is 34.1 Å². The van der Waals surface area contributed by atoms with Crippen LogP contribution in [-0.4, -0.2) is 31.6 Å². The van der Waals surface area contributed by atoms with Gasteiger partial charge in [-0.05, 0) is 52.9 Å². The minimum absolute atomic E-state index is 0. The van der Waals surface area contributed by atoms with Crippen LogP contribution >= 0.6 is 0 Å². The van der Waals surface area contributed by atoms with Crippen molar-refractivity contribution in [1.29, 1.82) is 5.41 Å². The van der Waals surface area contributed by atoms with Gasteiger partial charge in [0, 0.05) is 11.6 Å². The lowest BCUT2D eigenvalue weighted by molar-refractivity contribution is 0.214. The SMILES string of the molecule is C=CCc1cc(-c2ccc(C(=N)N)cc2)ccc1OCCOc1ccc(OC)c(OCc2ccccc2)c1.O. The lowest BCUT2D eigenvalue weighted by Crippen LogP contribution is -2.10. The van der Waals surface area contributed by atoms with E-state index in [-0.39, 0.29) is 11.3 Å². The number of nitrogen functional groups attached to an aromatic ring is 1. The van der Waals surface area contributed by atoms with Crippen molar-refractivity contribution in [2.45, 2.75) is 13.0 Å². The molecule has 0 atom stereocenters. The van der Waals surface area contributed by atoms with Gasteiger partial charge in [-0.15, -0.1) is 6.58 Å². The summed E-state index contributed by atoms with van der Waals surface area (Å²) in [4.78, 5) is 0. The van der Waals surface area contributed by atoms with Crippen LogP contribution in [0.25, 0.3) is 11.1 Å². The first-order valence-corrected chi connectivity index (χ1v) is 12.4. The highest BCUT2D eigenvalue weighted by Crippen LogP contribution is 2.32. The summed E-state index contributed by atoms with van der Waals surface area (Å²) in [5.41, 5.74) is 10.5. The highest BCUT2D eigenvalue weighted by atomic mass is 16.5. The molecule has 0 amide bonds. The minimum Gasteiger partial charge on any atom is -0.493 e. The molecule has 4 aromatic rings. The third kappa shape index (κ3) is 7.87. The van der Waals surface area contributed by atoms with Crippen LogP contribution in [0.2, 0.25) is 0 Å². The largest absolute Gasteiger partial charge is 0.493 e. The number of hydrogen-bond acceptors (Lipinski definition) is 5. The van der Waals surface area contributed by atoms with Crippen molar-refractivity contribution < 1.29 is 24.4 Å². The Labute approximate surface area is 229 Å². The Morgan fingerprint density at radius 3 is 2.18 bits per heavy atom. The molecule has 0 unspecified atom stereocenters. The van der Waals surface area contributed by atoms with E-state index in [1.54, 1.807) is 7.11 Å². The van der Waals surface area contributed by atoms with Gasteiger partial charge in [0.1, 0.15) is 37.2 Å². The first kappa shape index (κ1) is 28.8. The van der Waals surface area contributed by atoms with Crippen molar-refractivity contribution in [3.05, 3.63) is 120 Å². The summed E-state index contributed by atoms with van der Waals surface area (Å²) in [7, 11) is 1.62. The number of nitrogens with two attached hydrogens (primary N) is 1. The van der Waals surface area contributed by atoms with Gasteiger partial charge in [0.15, 0.2) is 11.5 Å². The monoisotopic (exact) mass is 526 g/mol. The first-order valence-electron chi connectivity index (χ1n) is 12.4. The van der Waals surface area contributed by atoms with Gasteiger partial charge < -0.3 is 30.2 Å². The van der Waals surface area contributed by atoms with E-state index in [2.05, 4.69) is 12.6 Å². The molecule has 4 aromatic carbocycles. The molecule has 39 heavy (non-hydrogen) atoms. The van der Waals surface area contributed by atoms with E-state index in [1.165, 1.54) is 0 Å². The van der Waals surface area contributed by atoms with Gasteiger partial charge in [-0.2, -0.15) is 0 Å². The van der Waals surface area contributed by atoms with E-state index < -0.39 is 0 Å². The maximum atomic E-state index is 7.57. The summed E-state index contributed by atoms with van der Waals surface area (Å²) in [6, 6.07) is 29.2. The predicted octanol–water partition coefficient (Wildman–Crippen LogP) is 5.59. The van der Waals surface area contributed by atoms with E-state index in [1.807, 2.05) is 91.0 Å². The van der Waals surface area contributed by atoms with Gasteiger partial charge in [0.05, 0.1) is 7.11 Å². The summed E-state index contributed by atoms with van der Waals surface area (Å²) in [6.07, 6.45) is 2.53. The second-order valence-electron chi connectivity index (χ2n) is 8.59. The van der Waals surface area contributed by atoms with Crippen LogP contribution in [0.3, 0.4) is 0 Å². The molecule has 5 N–H and O–H groups in total. The number of nitrogens with one attached hydrogen (secondary N) is 1. The summed E-state index contributed by atoms with van der Waals surface area (Å²) < 4.78 is 23.4. The minimum atomic E-state index is 0. The lowest BCUT2D eigenvalue weighted by Gasteiger charge is -2.15. The van der Waals surface area contributed by atoms with Gasteiger partial charge in [-0.25, -0.2) is 0 Å². The Hall–Kier alpha value is -4.75. The second kappa shape index (κ2) is 14.3. The Kier molecular flexibility index (Phi) is 10.5. The second-order valence-corrected chi connectivity index (χ2v) is 8.59. The molecular weight excluding hydrogens is 492 g/mol. The first-order chi connectivity index (χ1) is 18.6. The van der Waals surface area contributed by atoms with Crippen LogP contribution in [-0.2, 0) is 13.0 Å². The zero-order valence-electron chi connectivity index (χ0n) is 22.0. The molecule has 7 nitrogen and oxygen atoms in total. The molecule has 0 aromatic heterocycles. The maximum absolute atomic E-state index is 7.57. The fourth-order valence-corrected chi connectivity index (χ4v) is 3.96. The highest BCUT2D eigenvalue weighted by molar-refractivity contribution is 5.95. The normalized spacial score (nSPS) is 10.2. The summed E-state index contributed by atoms with van der Waals surface area (Å²) >= 11 is 0. The number of hydrogen-bond donors (Lipinski definition) is 2. The van der Waals surface area contributed by atoms with Gasteiger partial charge in [0.2, 0.25) is 0 Å². The van der Waals surface area contributed by atoms with Crippen LogP contribution in [0.15, 0.2) is 104 Å². The molecule has 0 saturated carbocycles. The van der Waals surface area contributed by atoms with Gasteiger partial charge >= 0.3 is 0 Å². The molecule has 0 bridgehead atoms. The number of allylic oxidation sites excluding steroid dienone is 1. The van der Waals surface area contributed by atoms with E-state index in [0.29, 0.717) is 49.1 Å². The van der Waals surface area contributed by atoms with E-state index in [0.717, 1.165) is 28.0 Å². The topological polar surface area (TPSA) is 118 Å². The molecule has 0 aliphatic carbocycles. The zero-order chi connectivity index (χ0) is 26.7. The van der Waals surface area contributed by atoms with Crippen molar-refractivity contribution in [2.24, 2.45) is 5.73 Å². The number of ether oxygens (including phenoxy) is 4. The standard InChI is InChI=1S/C32H32N2O4.H2O/c1-3-7-27-20-26(24-10-12-25(13-11-24)32(33)34)14-16-29(27)37-19-18-36-28-15-17-30(35-2)31(21-28)38-22-23-8-5-4-6-9-23;/h3-6,8-17,20-21H,1,7,18-19,22H2,2H3,(H3,33,34);1H2. The van der Waals surface area contributed by atoms with Crippen molar-refractivity contribution in [3.63, 3.8) is 0 Å². The highest BCUT2D eigenvalue weighted by Gasteiger charge is 2.09. The van der Waals surface area contributed by atoms with E-state index in [4.69, 9.17) is 30.1 Å². The Bertz CT molecular complexity index is 1370. The number of methoxy groups -OCH3 is 1. The van der Waals surface area contributed by atoms with Crippen molar-refractivity contribution in [1.82, 2.24) is 0 Å². The average molecular weight is 527 g/mol. The maximum Gasteiger partial charge on any atom is 0.165 e. The van der Waals surface area contributed by atoms with Crippen molar-refractivity contribution in [2.75, 3.05) is 20.3 Å². The molecule has 0 aliphatic heterocycles. The van der Waals surface area contributed by atoms with Crippen LogP contribution < -0.4 is 24.7 Å². The van der Waals surface area contributed by atoms with Crippen LogP contribution in [0, 0.1) is 5.41 Å². The molecule has 0 aliphatic rings. The van der Waals surface area contributed by atoms with Crippen LogP contribution in [0.1, 0.15) is 16.7 Å². The Morgan fingerprint density at radius 1 is 0.795 bits per heavy atom. The van der Waals surface area contributed by atoms with Gasteiger partial charge in [-0.1, -0.05) is 66.7 Å². The molecule has 0 radical (unpaired) electrons. The number of benzene rings is 4. The number of rotatable bonds is 13. The molecule has 4 rings (SSSR count). The van der Waals surface area contributed by atoms with Crippen LogP contribution in [0.5, 0.6) is 23.0 Å². The quantitative estimate of drug-likeness (QED) is 0.102. The summed E-state index contributed by atoms with van der Waals surface area (Å²) in [5, 5.41) is 7.57. The van der Waals surface area contributed by atoms with Gasteiger partial charge in [-0.3, -0.25) is 5.41 Å². The predicted molar refractivity (Wildman–Crippen MR) is 155 cm³/mol.